The normalized spacial score (nSPS) is 20.1. The van der Waals surface area contributed by atoms with Gasteiger partial charge >= 0.3 is 0 Å². The summed E-state index contributed by atoms with van der Waals surface area (Å²) < 4.78 is 20.0. The number of ether oxygens (including phenoxy) is 1. The van der Waals surface area contributed by atoms with Gasteiger partial charge in [0, 0.05) is 36.1 Å². The number of carbonyl (C=O) groups is 1. The van der Waals surface area contributed by atoms with Gasteiger partial charge in [-0.15, -0.1) is 11.3 Å². The van der Waals surface area contributed by atoms with Crippen LogP contribution in [0.2, 0.25) is 0 Å². The molecule has 1 aromatic heterocycles. The molecule has 2 atom stereocenters. The zero-order valence-electron chi connectivity index (χ0n) is 16.2. The number of carbonyl (C=O) groups excluding carboxylic acids is 1. The Morgan fingerprint density at radius 2 is 2.04 bits per heavy atom. The Morgan fingerprint density at radius 3 is 2.70 bits per heavy atom. The minimum atomic E-state index is -0.298. The first-order valence-electron chi connectivity index (χ1n) is 9.27. The van der Waals surface area contributed by atoms with Gasteiger partial charge < -0.3 is 15.0 Å². The second kappa shape index (κ2) is 8.35. The molecule has 1 N–H and O–H groups in total. The van der Waals surface area contributed by atoms with Gasteiger partial charge in [-0.05, 0) is 38.0 Å². The molecule has 0 radical (unpaired) electrons. The summed E-state index contributed by atoms with van der Waals surface area (Å²) in [5.41, 5.74) is 2.19. The van der Waals surface area contributed by atoms with Crippen LogP contribution >= 0.6 is 11.3 Å². The van der Waals surface area contributed by atoms with E-state index in [9.17, 15) is 9.18 Å². The molecule has 1 amide bonds. The molecular weight excluding hydrogens is 365 g/mol. The van der Waals surface area contributed by atoms with Crippen molar-refractivity contribution in [2.75, 3.05) is 23.3 Å². The summed E-state index contributed by atoms with van der Waals surface area (Å²) in [5, 5.41) is 5.19. The molecule has 5 nitrogen and oxygen atoms in total. The first-order valence-corrected chi connectivity index (χ1v) is 10.1. The molecule has 146 valence electrons. The van der Waals surface area contributed by atoms with E-state index >= 15 is 0 Å². The zero-order valence-corrected chi connectivity index (χ0v) is 17.0. The van der Waals surface area contributed by atoms with E-state index in [2.05, 4.69) is 15.2 Å². The van der Waals surface area contributed by atoms with Gasteiger partial charge in [-0.2, -0.15) is 0 Å². The summed E-state index contributed by atoms with van der Waals surface area (Å²) in [6.07, 6.45) is 0.650. The van der Waals surface area contributed by atoms with Crippen LogP contribution in [-0.4, -0.2) is 36.2 Å². The molecule has 0 aliphatic carbocycles. The molecule has 3 rings (SSSR count). The van der Waals surface area contributed by atoms with Gasteiger partial charge in [0.2, 0.25) is 5.91 Å². The van der Waals surface area contributed by atoms with Crippen molar-refractivity contribution in [2.24, 2.45) is 5.92 Å². The topological polar surface area (TPSA) is 54.5 Å². The fourth-order valence-corrected chi connectivity index (χ4v) is 4.03. The van der Waals surface area contributed by atoms with E-state index in [0.717, 1.165) is 18.8 Å². The number of hydrogen-bond donors (Lipinski definition) is 1. The molecule has 2 aromatic rings. The summed E-state index contributed by atoms with van der Waals surface area (Å²) in [4.78, 5) is 18.5. The summed E-state index contributed by atoms with van der Waals surface area (Å²) in [7, 11) is 0. The second-order valence-electron chi connectivity index (χ2n) is 7.54. The Balaban J connectivity index is 1.79. The van der Waals surface area contributed by atoms with Gasteiger partial charge in [0.05, 0.1) is 17.9 Å². The average molecular weight is 392 g/mol. The second-order valence-corrected chi connectivity index (χ2v) is 8.40. The third-order valence-corrected chi connectivity index (χ3v) is 5.06. The Kier molecular flexibility index (Phi) is 6.11. The molecule has 2 unspecified atom stereocenters. The van der Waals surface area contributed by atoms with Crippen LogP contribution in [0.1, 0.15) is 34.1 Å². The van der Waals surface area contributed by atoms with Crippen molar-refractivity contribution in [1.82, 2.24) is 4.98 Å². The number of anilines is 2. The van der Waals surface area contributed by atoms with Gasteiger partial charge in [0.15, 0.2) is 5.13 Å². The average Bonchev–Trinajstić information content (AvgIpc) is 3.01. The van der Waals surface area contributed by atoms with E-state index in [1.165, 1.54) is 17.4 Å². The van der Waals surface area contributed by atoms with E-state index in [4.69, 9.17) is 4.74 Å². The third kappa shape index (κ3) is 5.26. The summed E-state index contributed by atoms with van der Waals surface area (Å²) in [5.74, 6) is -0.0664. The molecular formula is C20H26FN3O2S. The van der Waals surface area contributed by atoms with E-state index in [-0.39, 0.29) is 29.9 Å². The fourth-order valence-electron chi connectivity index (χ4n) is 3.30. The molecule has 1 saturated heterocycles. The molecule has 1 fully saturated rings. The Hall–Kier alpha value is -1.99. The van der Waals surface area contributed by atoms with Gasteiger partial charge in [-0.1, -0.05) is 13.8 Å². The minimum Gasteiger partial charge on any atom is -0.372 e. The lowest BCUT2D eigenvalue weighted by Crippen LogP contribution is -2.45. The largest absolute Gasteiger partial charge is 0.372 e. The first-order chi connectivity index (χ1) is 12.8. The van der Waals surface area contributed by atoms with Crippen LogP contribution in [0.5, 0.6) is 0 Å². The van der Waals surface area contributed by atoms with E-state index in [0.29, 0.717) is 22.8 Å². The first kappa shape index (κ1) is 19.8. The Labute approximate surface area is 163 Å². The monoisotopic (exact) mass is 391 g/mol. The van der Waals surface area contributed by atoms with Crippen molar-refractivity contribution in [1.29, 1.82) is 0 Å². The Bertz CT molecular complexity index is 798. The van der Waals surface area contributed by atoms with Crippen molar-refractivity contribution < 1.29 is 13.9 Å². The predicted octanol–water partition coefficient (Wildman–Crippen LogP) is 4.55. The number of hydrogen-bond acceptors (Lipinski definition) is 5. The highest BCUT2D eigenvalue weighted by atomic mass is 32.1. The SMILES string of the molecule is CC(C)CC(=O)Nc1nc(-c2cc(F)cc(N3CC(C)OC(C)C3)c2)cs1. The lowest BCUT2D eigenvalue weighted by molar-refractivity contribution is -0.116. The van der Waals surface area contributed by atoms with Gasteiger partial charge in [0.25, 0.3) is 0 Å². The maximum absolute atomic E-state index is 14.3. The van der Waals surface area contributed by atoms with Crippen molar-refractivity contribution in [3.8, 4) is 11.3 Å². The van der Waals surface area contributed by atoms with Crippen molar-refractivity contribution in [3.05, 3.63) is 29.4 Å². The number of benzene rings is 1. The van der Waals surface area contributed by atoms with Gasteiger partial charge in [-0.25, -0.2) is 9.37 Å². The summed E-state index contributed by atoms with van der Waals surface area (Å²) >= 11 is 1.35. The quantitative estimate of drug-likeness (QED) is 0.813. The molecule has 1 aliphatic heterocycles. The standard InChI is InChI=1S/C20H26FN3O2S/c1-12(2)5-19(25)23-20-22-18(11-27-20)15-6-16(21)8-17(7-15)24-9-13(3)26-14(4)10-24/h6-8,11-14H,5,9-10H2,1-4H3,(H,22,23,25). The van der Waals surface area contributed by atoms with E-state index in [1.807, 2.05) is 39.1 Å². The van der Waals surface area contributed by atoms with Crippen LogP contribution in [0.4, 0.5) is 15.2 Å². The molecule has 0 saturated carbocycles. The van der Waals surface area contributed by atoms with Crippen LogP contribution in [0, 0.1) is 11.7 Å². The lowest BCUT2D eigenvalue weighted by Gasteiger charge is -2.37. The number of nitrogens with one attached hydrogen (secondary N) is 1. The number of aromatic nitrogens is 1. The van der Waals surface area contributed by atoms with E-state index in [1.54, 1.807) is 6.07 Å². The molecule has 0 spiro atoms. The van der Waals surface area contributed by atoms with Crippen LogP contribution in [0.3, 0.4) is 0 Å². The number of amides is 1. The number of nitrogens with zero attached hydrogens (tertiary/aromatic N) is 2. The van der Waals surface area contributed by atoms with Crippen LogP contribution in [0.25, 0.3) is 11.3 Å². The number of halogens is 1. The molecule has 1 aromatic carbocycles. The third-order valence-electron chi connectivity index (χ3n) is 4.31. The smallest absolute Gasteiger partial charge is 0.226 e. The summed E-state index contributed by atoms with van der Waals surface area (Å²) in [6, 6.07) is 4.97. The molecule has 1 aliphatic rings. The van der Waals surface area contributed by atoms with Crippen LogP contribution < -0.4 is 10.2 Å². The lowest BCUT2D eigenvalue weighted by atomic mass is 10.1. The van der Waals surface area contributed by atoms with Crippen molar-refractivity contribution >= 4 is 28.1 Å². The predicted molar refractivity (Wildman–Crippen MR) is 108 cm³/mol. The highest BCUT2D eigenvalue weighted by Gasteiger charge is 2.23. The van der Waals surface area contributed by atoms with Crippen LogP contribution in [0.15, 0.2) is 23.6 Å². The van der Waals surface area contributed by atoms with Crippen molar-refractivity contribution in [2.45, 2.75) is 46.3 Å². The van der Waals surface area contributed by atoms with Crippen molar-refractivity contribution in [3.63, 3.8) is 0 Å². The highest BCUT2D eigenvalue weighted by Crippen LogP contribution is 2.30. The number of thiazole rings is 1. The maximum Gasteiger partial charge on any atom is 0.226 e. The van der Waals surface area contributed by atoms with Crippen LogP contribution in [-0.2, 0) is 9.53 Å². The molecule has 2 heterocycles. The highest BCUT2D eigenvalue weighted by molar-refractivity contribution is 7.14. The maximum atomic E-state index is 14.3. The number of morpholine rings is 1. The minimum absolute atomic E-state index is 0.0536. The fraction of sp³-hybridized carbons (Fsp3) is 0.500. The summed E-state index contributed by atoms with van der Waals surface area (Å²) in [6.45, 7) is 9.48. The van der Waals surface area contributed by atoms with Gasteiger partial charge in [-0.3, -0.25) is 4.79 Å². The van der Waals surface area contributed by atoms with E-state index < -0.39 is 0 Å². The van der Waals surface area contributed by atoms with Gasteiger partial charge in [0.1, 0.15) is 5.82 Å². The molecule has 0 bridgehead atoms. The molecule has 27 heavy (non-hydrogen) atoms. The number of rotatable bonds is 5. The zero-order chi connectivity index (χ0) is 19.6. The molecule has 7 heteroatoms. The Morgan fingerprint density at radius 1 is 1.33 bits per heavy atom.